The van der Waals surface area contributed by atoms with E-state index in [9.17, 15) is 9.59 Å². The molecular weight excluding hydrogens is 446 g/mol. The molecule has 2 aromatic carbocycles. The Morgan fingerprint density at radius 1 is 1.06 bits per heavy atom. The van der Waals surface area contributed by atoms with Gasteiger partial charge in [0.15, 0.2) is 0 Å². The van der Waals surface area contributed by atoms with Gasteiger partial charge in [0.25, 0.3) is 0 Å². The molecule has 0 unspecified atom stereocenters. The molecule has 0 aromatic heterocycles. The molecule has 35 heavy (non-hydrogen) atoms. The van der Waals surface area contributed by atoms with Gasteiger partial charge in [-0.25, -0.2) is 0 Å². The Morgan fingerprint density at radius 2 is 1.80 bits per heavy atom. The summed E-state index contributed by atoms with van der Waals surface area (Å²) in [6.07, 6.45) is 0.110. The van der Waals surface area contributed by atoms with Gasteiger partial charge in [0.1, 0.15) is 5.75 Å². The number of hydrogen-bond acceptors (Lipinski definition) is 7. The minimum absolute atomic E-state index is 0.0147. The molecule has 1 amide bonds. The van der Waals surface area contributed by atoms with E-state index in [0.29, 0.717) is 38.4 Å². The Morgan fingerprint density at radius 3 is 2.46 bits per heavy atom. The van der Waals surface area contributed by atoms with Crippen molar-refractivity contribution in [3.05, 3.63) is 65.2 Å². The predicted octanol–water partition coefficient (Wildman–Crippen LogP) is 3.31. The normalized spacial score (nSPS) is 14.7. The van der Waals surface area contributed by atoms with Gasteiger partial charge in [0.05, 0.1) is 44.5 Å². The van der Waals surface area contributed by atoms with E-state index in [0.717, 1.165) is 30.0 Å². The Hall–Kier alpha value is -3.41. The number of ether oxygens (including phenoxy) is 3. The van der Waals surface area contributed by atoms with Crippen LogP contribution in [-0.4, -0.2) is 68.1 Å². The standard InChI is InChI=1S/C27H33N3O5/c1-3-34-27(32)12-11-26(31)30-15-13-29(14-16-30)19-25(23-5-4-6-24(17-23)33-2)35-20-22-9-7-21(18-28)8-10-22/h4-10,17,25H,3,11-16,19-20H2,1-2H3/t25-/m1/s1. The van der Waals surface area contributed by atoms with Crippen LogP contribution in [0.1, 0.15) is 42.6 Å². The third kappa shape index (κ3) is 8.09. The first-order chi connectivity index (χ1) is 17.0. The molecule has 1 fully saturated rings. The van der Waals surface area contributed by atoms with Crippen LogP contribution in [0.3, 0.4) is 0 Å². The first kappa shape index (κ1) is 26.2. The third-order valence-corrected chi connectivity index (χ3v) is 6.00. The second-order valence-electron chi connectivity index (χ2n) is 8.37. The highest BCUT2D eigenvalue weighted by molar-refractivity contribution is 5.81. The number of methoxy groups -OCH3 is 1. The summed E-state index contributed by atoms with van der Waals surface area (Å²) >= 11 is 0. The Labute approximate surface area is 207 Å². The van der Waals surface area contributed by atoms with Gasteiger partial charge in [-0.1, -0.05) is 24.3 Å². The molecule has 8 nitrogen and oxygen atoms in total. The van der Waals surface area contributed by atoms with Crippen LogP contribution in [0.2, 0.25) is 0 Å². The average Bonchev–Trinajstić information content (AvgIpc) is 2.90. The zero-order valence-electron chi connectivity index (χ0n) is 20.4. The summed E-state index contributed by atoms with van der Waals surface area (Å²) in [6, 6.07) is 17.4. The average molecular weight is 480 g/mol. The Balaban J connectivity index is 1.58. The van der Waals surface area contributed by atoms with Crippen molar-refractivity contribution in [2.75, 3.05) is 46.4 Å². The van der Waals surface area contributed by atoms with Crippen molar-refractivity contribution in [3.63, 3.8) is 0 Å². The first-order valence-corrected chi connectivity index (χ1v) is 11.9. The van der Waals surface area contributed by atoms with Crippen molar-refractivity contribution >= 4 is 11.9 Å². The molecule has 8 heteroatoms. The fourth-order valence-corrected chi connectivity index (χ4v) is 3.98. The van der Waals surface area contributed by atoms with E-state index in [2.05, 4.69) is 11.0 Å². The largest absolute Gasteiger partial charge is 0.497 e. The number of amides is 1. The van der Waals surface area contributed by atoms with Crippen molar-refractivity contribution in [2.24, 2.45) is 0 Å². The van der Waals surface area contributed by atoms with Gasteiger partial charge < -0.3 is 19.1 Å². The summed E-state index contributed by atoms with van der Waals surface area (Å²) in [7, 11) is 1.64. The molecule has 1 atom stereocenters. The van der Waals surface area contributed by atoms with Crippen LogP contribution in [0.25, 0.3) is 0 Å². The van der Waals surface area contributed by atoms with Crippen LogP contribution in [0.4, 0.5) is 0 Å². The summed E-state index contributed by atoms with van der Waals surface area (Å²) in [4.78, 5) is 28.1. The molecule has 0 N–H and O–H groups in total. The molecule has 1 aliphatic heterocycles. The fraction of sp³-hybridized carbons (Fsp3) is 0.444. The lowest BCUT2D eigenvalue weighted by atomic mass is 10.1. The van der Waals surface area contributed by atoms with E-state index < -0.39 is 0 Å². The lowest BCUT2D eigenvalue weighted by molar-refractivity contribution is -0.146. The van der Waals surface area contributed by atoms with Crippen LogP contribution >= 0.6 is 0 Å². The third-order valence-electron chi connectivity index (χ3n) is 6.00. The van der Waals surface area contributed by atoms with E-state index in [-0.39, 0.29) is 30.8 Å². The quantitative estimate of drug-likeness (QED) is 0.457. The maximum absolute atomic E-state index is 12.5. The van der Waals surface area contributed by atoms with Crippen LogP contribution in [0, 0.1) is 11.3 Å². The highest BCUT2D eigenvalue weighted by Crippen LogP contribution is 2.25. The molecule has 0 aliphatic carbocycles. The summed E-state index contributed by atoms with van der Waals surface area (Å²) in [6.45, 7) is 5.86. The highest BCUT2D eigenvalue weighted by Gasteiger charge is 2.25. The van der Waals surface area contributed by atoms with Gasteiger partial charge in [-0.05, 0) is 42.3 Å². The smallest absolute Gasteiger partial charge is 0.306 e. The van der Waals surface area contributed by atoms with E-state index in [1.807, 2.05) is 41.3 Å². The number of carbonyl (C=O) groups excluding carboxylic acids is 2. The molecule has 3 rings (SSSR count). The lowest BCUT2D eigenvalue weighted by Crippen LogP contribution is -2.49. The molecule has 1 saturated heterocycles. The minimum atomic E-state index is -0.333. The number of esters is 1. The number of nitriles is 1. The summed E-state index contributed by atoms with van der Waals surface area (Å²) < 4.78 is 16.7. The number of carbonyl (C=O) groups is 2. The lowest BCUT2D eigenvalue weighted by Gasteiger charge is -2.36. The summed E-state index contributed by atoms with van der Waals surface area (Å²) in [5, 5.41) is 9.01. The molecular formula is C27H33N3O5. The van der Waals surface area contributed by atoms with E-state index in [4.69, 9.17) is 19.5 Å². The van der Waals surface area contributed by atoms with Crippen molar-refractivity contribution in [1.82, 2.24) is 9.80 Å². The zero-order valence-corrected chi connectivity index (χ0v) is 20.4. The van der Waals surface area contributed by atoms with Crippen LogP contribution in [0.15, 0.2) is 48.5 Å². The van der Waals surface area contributed by atoms with Crippen LogP contribution in [-0.2, 0) is 25.7 Å². The van der Waals surface area contributed by atoms with Gasteiger partial charge in [-0.2, -0.15) is 5.26 Å². The van der Waals surface area contributed by atoms with Crippen molar-refractivity contribution in [3.8, 4) is 11.8 Å². The molecule has 0 spiro atoms. The molecule has 0 saturated carbocycles. The number of piperazine rings is 1. The van der Waals surface area contributed by atoms with Crippen molar-refractivity contribution < 1.29 is 23.8 Å². The monoisotopic (exact) mass is 479 g/mol. The summed E-state index contributed by atoms with van der Waals surface area (Å²) in [5.41, 5.74) is 2.63. The van der Waals surface area contributed by atoms with Crippen LogP contribution in [0.5, 0.6) is 5.75 Å². The van der Waals surface area contributed by atoms with Gasteiger partial charge >= 0.3 is 5.97 Å². The Bertz CT molecular complexity index is 1010. The second kappa shape index (κ2) is 13.5. The second-order valence-corrected chi connectivity index (χ2v) is 8.37. The maximum Gasteiger partial charge on any atom is 0.306 e. The minimum Gasteiger partial charge on any atom is -0.497 e. The van der Waals surface area contributed by atoms with E-state index in [1.54, 1.807) is 26.2 Å². The molecule has 1 heterocycles. The maximum atomic E-state index is 12.5. The van der Waals surface area contributed by atoms with Gasteiger partial charge in [0, 0.05) is 39.1 Å². The number of benzene rings is 2. The molecule has 186 valence electrons. The molecule has 0 radical (unpaired) electrons. The van der Waals surface area contributed by atoms with Gasteiger partial charge in [-0.15, -0.1) is 0 Å². The van der Waals surface area contributed by atoms with Crippen molar-refractivity contribution in [2.45, 2.75) is 32.5 Å². The molecule has 0 bridgehead atoms. The van der Waals surface area contributed by atoms with Crippen molar-refractivity contribution in [1.29, 1.82) is 5.26 Å². The topological polar surface area (TPSA) is 92.1 Å². The van der Waals surface area contributed by atoms with E-state index in [1.165, 1.54) is 0 Å². The fourth-order valence-electron chi connectivity index (χ4n) is 3.98. The zero-order chi connectivity index (χ0) is 25.0. The number of nitrogens with zero attached hydrogens (tertiary/aromatic N) is 3. The first-order valence-electron chi connectivity index (χ1n) is 11.9. The predicted molar refractivity (Wildman–Crippen MR) is 131 cm³/mol. The molecule has 1 aliphatic rings. The van der Waals surface area contributed by atoms with Crippen LogP contribution < -0.4 is 4.74 Å². The molecule has 2 aromatic rings. The summed E-state index contributed by atoms with van der Waals surface area (Å²) in [5.74, 6) is 0.422. The van der Waals surface area contributed by atoms with Gasteiger partial charge in [0.2, 0.25) is 5.91 Å². The SMILES string of the molecule is CCOC(=O)CCC(=O)N1CCN(C[C@@H](OCc2ccc(C#N)cc2)c2cccc(OC)c2)CC1. The number of rotatable bonds is 11. The Kier molecular flexibility index (Phi) is 10.1. The van der Waals surface area contributed by atoms with E-state index >= 15 is 0 Å². The van der Waals surface area contributed by atoms with Gasteiger partial charge in [-0.3, -0.25) is 14.5 Å². The highest BCUT2D eigenvalue weighted by atomic mass is 16.5. The number of hydrogen-bond donors (Lipinski definition) is 0.